The number of hydrogen-bond donors (Lipinski definition) is 0. The van der Waals surface area contributed by atoms with Crippen LogP contribution in [0.2, 0.25) is 0 Å². The van der Waals surface area contributed by atoms with Crippen LogP contribution in [0.4, 0.5) is 4.79 Å². The Morgan fingerprint density at radius 3 is 2.48 bits per heavy atom. The number of carbonyl (C=O) groups excluding carboxylic acids is 3. The molecule has 1 aromatic carbocycles. The van der Waals surface area contributed by atoms with Crippen LogP contribution in [0, 0.1) is 0 Å². The van der Waals surface area contributed by atoms with Crippen molar-refractivity contribution in [2.24, 2.45) is 0 Å². The molecule has 10 heteroatoms. The minimum absolute atomic E-state index is 0.00199. The largest absolute Gasteiger partial charge is 0.459 e. The molecule has 0 radical (unpaired) electrons. The van der Waals surface area contributed by atoms with E-state index < -0.39 is 52.5 Å². The third-order valence-corrected chi connectivity index (χ3v) is 6.67. The first-order valence-electron chi connectivity index (χ1n) is 10.8. The Balaban J connectivity index is 1.83. The molecule has 2 aliphatic heterocycles. The van der Waals surface area contributed by atoms with Crippen LogP contribution < -0.4 is 0 Å². The van der Waals surface area contributed by atoms with Crippen molar-refractivity contribution in [1.29, 1.82) is 0 Å². The van der Waals surface area contributed by atoms with Gasteiger partial charge in [0.2, 0.25) is 0 Å². The topological polar surface area (TPSA) is 102 Å². The van der Waals surface area contributed by atoms with E-state index >= 15 is 0 Å². The Bertz CT molecular complexity index is 959. The first-order chi connectivity index (χ1) is 15.5. The van der Waals surface area contributed by atoms with Gasteiger partial charge in [-0.1, -0.05) is 49.4 Å². The molecule has 1 aromatic rings. The number of hydrogen-bond acceptors (Lipinski definition) is 7. The maximum atomic E-state index is 13.5. The van der Waals surface area contributed by atoms with Crippen LogP contribution in [0.3, 0.4) is 0 Å². The summed E-state index contributed by atoms with van der Waals surface area (Å²) in [6, 6.07) is 6.78. The second-order valence-corrected chi connectivity index (χ2v) is 10.1. The first kappa shape index (κ1) is 24.9. The van der Waals surface area contributed by atoms with E-state index in [-0.39, 0.29) is 13.2 Å². The predicted molar refractivity (Wildman–Crippen MR) is 121 cm³/mol. The molecular formula is C23H30N2O7S. The van der Waals surface area contributed by atoms with E-state index in [9.17, 15) is 18.6 Å². The van der Waals surface area contributed by atoms with Gasteiger partial charge in [0.15, 0.2) is 6.04 Å². The van der Waals surface area contributed by atoms with Gasteiger partial charge in [-0.15, -0.1) is 0 Å². The van der Waals surface area contributed by atoms with Gasteiger partial charge in [0.1, 0.15) is 23.9 Å². The molecule has 3 rings (SSSR count). The lowest BCUT2D eigenvalue weighted by molar-refractivity contribution is -0.157. The number of esters is 1. The van der Waals surface area contributed by atoms with Crippen LogP contribution in [-0.4, -0.2) is 61.2 Å². The predicted octanol–water partition coefficient (Wildman–Crippen LogP) is 2.88. The fourth-order valence-electron chi connectivity index (χ4n) is 3.56. The molecule has 0 N–H and O–H groups in total. The van der Waals surface area contributed by atoms with Crippen LogP contribution in [0.25, 0.3) is 0 Å². The van der Waals surface area contributed by atoms with Gasteiger partial charge in [0.25, 0.3) is 17.2 Å². The average Bonchev–Trinajstić information content (AvgIpc) is 3.34. The molecule has 0 bridgehead atoms. The lowest BCUT2D eigenvalue weighted by Crippen LogP contribution is -2.56. The smallest absolute Gasteiger partial charge is 0.411 e. The first-order valence-corrected chi connectivity index (χ1v) is 11.8. The number of carbonyl (C=O) groups is 3. The maximum absolute atomic E-state index is 13.5. The summed E-state index contributed by atoms with van der Waals surface area (Å²) in [7, 11) is 0. The van der Waals surface area contributed by atoms with Crippen molar-refractivity contribution in [3.8, 4) is 0 Å². The summed E-state index contributed by atoms with van der Waals surface area (Å²) >= 11 is -2.23. The molecule has 9 nitrogen and oxygen atoms in total. The van der Waals surface area contributed by atoms with Gasteiger partial charge in [-0.05, 0) is 39.7 Å². The van der Waals surface area contributed by atoms with E-state index in [4.69, 9.17) is 13.7 Å². The Morgan fingerprint density at radius 1 is 1.21 bits per heavy atom. The molecule has 1 fully saturated rings. The van der Waals surface area contributed by atoms with Crippen LogP contribution in [0.15, 0.2) is 42.5 Å². The highest BCUT2D eigenvalue weighted by molar-refractivity contribution is 7.78. The van der Waals surface area contributed by atoms with Crippen molar-refractivity contribution in [2.45, 2.75) is 70.9 Å². The third-order valence-electron chi connectivity index (χ3n) is 5.44. The molecule has 0 saturated carbocycles. The van der Waals surface area contributed by atoms with Gasteiger partial charge in [-0.3, -0.25) is 13.9 Å². The highest BCUT2D eigenvalue weighted by atomic mass is 32.2. The molecule has 0 aliphatic carbocycles. The molecule has 180 valence electrons. The molecule has 1 saturated heterocycles. The van der Waals surface area contributed by atoms with Crippen LogP contribution in [0.1, 0.15) is 46.6 Å². The van der Waals surface area contributed by atoms with Crippen LogP contribution >= 0.6 is 0 Å². The SMILES string of the molecule is CC[C@@]1(C)OS(=O)N(C(=O)[C@@H]2C=CCN2C(=O)OC(C)(C)C)[C@@H]1C(=O)OCc1ccccc1. The van der Waals surface area contributed by atoms with Crippen molar-refractivity contribution in [1.82, 2.24) is 9.21 Å². The van der Waals surface area contributed by atoms with Gasteiger partial charge in [-0.25, -0.2) is 18.1 Å². The van der Waals surface area contributed by atoms with Gasteiger partial charge >= 0.3 is 12.1 Å². The summed E-state index contributed by atoms with van der Waals surface area (Å²) in [4.78, 5) is 40.4. The van der Waals surface area contributed by atoms with Gasteiger partial charge < -0.3 is 9.47 Å². The van der Waals surface area contributed by atoms with Crippen molar-refractivity contribution in [3.63, 3.8) is 0 Å². The Hall–Kier alpha value is -2.72. The summed E-state index contributed by atoms with van der Waals surface area (Å²) in [5.74, 6) is -1.43. The van der Waals surface area contributed by atoms with E-state index in [1.807, 2.05) is 18.2 Å². The van der Waals surface area contributed by atoms with Gasteiger partial charge in [0, 0.05) is 6.54 Å². The fraction of sp³-hybridized carbons (Fsp3) is 0.522. The standard InChI is InChI=1S/C23H30N2O7S/c1-6-23(5)18(20(27)30-15-16-11-8-7-9-12-16)25(33(29)32-23)19(26)17-13-10-14-24(17)21(28)31-22(2,3)4/h7-13,17-18H,6,14-15H2,1-5H3/t17-,18+,23+,33?/m0/s1. The summed E-state index contributed by atoms with van der Waals surface area (Å²) in [6.45, 7) is 8.70. The zero-order valence-electron chi connectivity index (χ0n) is 19.5. The third kappa shape index (κ3) is 5.44. The highest BCUT2D eigenvalue weighted by Gasteiger charge is 2.57. The second-order valence-electron chi connectivity index (χ2n) is 9.13. The van der Waals surface area contributed by atoms with Crippen molar-refractivity contribution in [3.05, 3.63) is 48.0 Å². The second kappa shape index (κ2) is 9.64. The number of amides is 2. The number of benzene rings is 1. The minimum Gasteiger partial charge on any atom is -0.459 e. The summed E-state index contributed by atoms with van der Waals surface area (Å²) in [6.07, 6.45) is 2.80. The molecule has 2 aliphatic rings. The number of nitrogens with zero attached hydrogens (tertiary/aromatic N) is 2. The molecular weight excluding hydrogens is 448 g/mol. The van der Waals surface area contributed by atoms with Crippen molar-refractivity contribution < 1.29 is 32.2 Å². The van der Waals surface area contributed by atoms with Gasteiger partial charge in [-0.2, -0.15) is 0 Å². The summed E-state index contributed by atoms with van der Waals surface area (Å²) < 4.78 is 30.2. The normalized spacial score (nSPS) is 27.0. The van der Waals surface area contributed by atoms with E-state index in [0.717, 1.165) is 9.87 Å². The Labute approximate surface area is 196 Å². The zero-order valence-corrected chi connectivity index (χ0v) is 20.3. The highest BCUT2D eigenvalue weighted by Crippen LogP contribution is 2.36. The summed E-state index contributed by atoms with van der Waals surface area (Å²) in [5.41, 5.74) is -1.19. The van der Waals surface area contributed by atoms with E-state index in [1.54, 1.807) is 52.8 Å². The van der Waals surface area contributed by atoms with Crippen LogP contribution in [-0.2, 0) is 41.1 Å². The van der Waals surface area contributed by atoms with Crippen molar-refractivity contribution in [2.75, 3.05) is 6.54 Å². The van der Waals surface area contributed by atoms with E-state index in [2.05, 4.69) is 0 Å². The fourth-order valence-corrected chi connectivity index (χ4v) is 4.91. The zero-order chi connectivity index (χ0) is 24.4. The van der Waals surface area contributed by atoms with Gasteiger partial charge in [0.05, 0.1) is 0 Å². The van der Waals surface area contributed by atoms with Crippen LogP contribution in [0.5, 0.6) is 0 Å². The molecule has 2 amide bonds. The Kier molecular flexibility index (Phi) is 7.28. The maximum Gasteiger partial charge on any atom is 0.411 e. The quantitative estimate of drug-likeness (QED) is 0.474. The Morgan fingerprint density at radius 2 is 1.88 bits per heavy atom. The molecule has 0 spiro atoms. The van der Waals surface area contributed by atoms with E-state index in [1.165, 1.54) is 11.0 Å². The number of rotatable bonds is 5. The molecule has 4 atom stereocenters. The van der Waals surface area contributed by atoms with Crippen molar-refractivity contribution >= 4 is 29.2 Å². The molecule has 1 unspecified atom stereocenters. The van der Waals surface area contributed by atoms with E-state index in [0.29, 0.717) is 6.42 Å². The minimum atomic E-state index is -2.23. The lowest BCUT2D eigenvalue weighted by atomic mass is 9.93. The number of ether oxygens (including phenoxy) is 2. The molecule has 2 heterocycles. The molecule has 33 heavy (non-hydrogen) atoms. The summed E-state index contributed by atoms with van der Waals surface area (Å²) in [5, 5.41) is 0. The molecule has 0 aromatic heterocycles. The lowest BCUT2D eigenvalue weighted by Gasteiger charge is -2.32. The monoisotopic (exact) mass is 478 g/mol. The average molecular weight is 479 g/mol.